The molecule has 0 spiro atoms. The van der Waals surface area contributed by atoms with Crippen LogP contribution in [0.1, 0.15) is 47.0 Å². The Balaban J connectivity index is 2.94. The van der Waals surface area contributed by atoms with Crippen molar-refractivity contribution in [1.29, 1.82) is 0 Å². The quantitative estimate of drug-likeness (QED) is 0.768. The van der Waals surface area contributed by atoms with Crippen molar-refractivity contribution in [2.24, 2.45) is 29.6 Å². The van der Waals surface area contributed by atoms with Crippen molar-refractivity contribution in [3.8, 4) is 0 Å². The van der Waals surface area contributed by atoms with Gasteiger partial charge in [0.1, 0.15) is 11.7 Å². The number of hydrogen-bond acceptors (Lipinski definition) is 2. The summed E-state index contributed by atoms with van der Waals surface area (Å²) in [6.07, 6.45) is 3.09. The standard InChI is InChI=1S/C14H24O3/c1-8(2)11-6-5-9(3)7-12(11)13(10(4)15)14(16)17/h8-9,11-13H,5-7H2,1-4H3,(H,16,17)/t9-,11+,12-,13?/m0/s1. The summed E-state index contributed by atoms with van der Waals surface area (Å²) < 4.78 is 0. The van der Waals surface area contributed by atoms with E-state index < -0.39 is 11.9 Å². The van der Waals surface area contributed by atoms with Crippen LogP contribution >= 0.6 is 0 Å². The summed E-state index contributed by atoms with van der Waals surface area (Å²) in [7, 11) is 0. The third kappa shape index (κ3) is 3.30. The summed E-state index contributed by atoms with van der Waals surface area (Å²) in [6.45, 7) is 7.83. The number of carbonyl (C=O) groups excluding carboxylic acids is 1. The molecular weight excluding hydrogens is 216 g/mol. The number of carboxylic acid groups (broad SMARTS) is 1. The third-order valence-electron chi connectivity index (χ3n) is 4.21. The van der Waals surface area contributed by atoms with Crippen molar-refractivity contribution in [3.05, 3.63) is 0 Å². The predicted molar refractivity (Wildman–Crippen MR) is 66.6 cm³/mol. The first-order valence-corrected chi connectivity index (χ1v) is 6.57. The normalized spacial score (nSPS) is 31.2. The van der Waals surface area contributed by atoms with Crippen LogP contribution in [0.5, 0.6) is 0 Å². The number of Topliss-reactive ketones (excluding diaryl/α,β-unsaturated/α-hetero) is 1. The van der Waals surface area contributed by atoms with Crippen molar-refractivity contribution in [3.63, 3.8) is 0 Å². The van der Waals surface area contributed by atoms with Crippen LogP contribution in [0.25, 0.3) is 0 Å². The average molecular weight is 240 g/mol. The van der Waals surface area contributed by atoms with E-state index in [-0.39, 0.29) is 11.7 Å². The van der Waals surface area contributed by atoms with E-state index in [0.717, 1.165) is 19.3 Å². The largest absolute Gasteiger partial charge is 0.481 e. The molecule has 3 heteroatoms. The van der Waals surface area contributed by atoms with Gasteiger partial charge in [0.15, 0.2) is 0 Å². The molecule has 0 aromatic rings. The van der Waals surface area contributed by atoms with E-state index in [1.165, 1.54) is 6.92 Å². The maximum absolute atomic E-state index is 11.6. The maximum Gasteiger partial charge on any atom is 0.314 e. The minimum absolute atomic E-state index is 0.0220. The molecular formula is C14H24O3. The molecule has 0 amide bonds. The van der Waals surface area contributed by atoms with Crippen LogP contribution < -0.4 is 0 Å². The lowest BCUT2D eigenvalue weighted by Crippen LogP contribution is -2.39. The van der Waals surface area contributed by atoms with Gasteiger partial charge >= 0.3 is 5.97 Å². The van der Waals surface area contributed by atoms with Crippen molar-refractivity contribution < 1.29 is 14.7 Å². The fourth-order valence-corrected chi connectivity index (χ4v) is 3.32. The van der Waals surface area contributed by atoms with Gasteiger partial charge in [0.05, 0.1) is 0 Å². The second-order valence-electron chi connectivity index (χ2n) is 5.92. The van der Waals surface area contributed by atoms with E-state index >= 15 is 0 Å². The number of aliphatic carboxylic acids is 1. The average Bonchev–Trinajstić information content (AvgIpc) is 2.15. The van der Waals surface area contributed by atoms with Gasteiger partial charge in [-0.1, -0.05) is 27.2 Å². The smallest absolute Gasteiger partial charge is 0.314 e. The summed E-state index contributed by atoms with van der Waals surface area (Å²) in [6, 6.07) is 0. The fraction of sp³-hybridized carbons (Fsp3) is 0.857. The molecule has 1 fully saturated rings. The molecule has 1 rings (SSSR count). The number of ketones is 1. The maximum atomic E-state index is 11.6. The second kappa shape index (κ2) is 5.65. The van der Waals surface area contributed by atoms with Gasteiger partial charge in [0.2, 0.25) is 0 Å². The molecule has 1 aliphatic carbocycles. The molecule has 1 saturated carbocycles. The van der Waals surface area contributed by atoms with Gasteiger partial charge in [-0.25, -0.2) is 0 Å². The highest BCUT2D eigenvalue weighted by molar-refractivity contribution is 5.97. The van der Waals surface area contributed by atoms with Gasteiger partial charge in [0.25, 0.3) is 0 Å². The molecule has 0 saturated heterocycles. The SMILES string of the molecule is CC(=O)C(C(=O)O)[C@H]1C[C@@H](C)CC[C@@H]1C(C)C. The molecule has 0 aromatic heterocycles. The van der Waals surface area contributed by atoms with Gasteiger partial charge in [-0.3, -0.25) is 9.59 Å². The van der Waals surface area contributed by atoms with Crippen LogP contribution in [0, 0.1) is 29.6 Å². The summed E-state index contributed by atoms with van der Waals surface area (Å²) >= 11 is 0. The van der Waals surface area contributed by atoms with Crippen molar-refractivity contribution in [1.82, 2.24) is 0 Å². The zero-order chi connectivity index (χ0) is 13.2. The highest BCUT2D eigenvalue weighted by Crippen LogP contribution is 2.42. The number of carbonyl (C=O) groups is 2. The highest BCUT2D eigenvalue weighted by atomic mass is 16.4. The van der Waals surface area contributed by atoms with Crippen molar-refractivity contribution in [2.45, 2.75) is 47.0 Å². The summed E-state index contributed by atoms with van der Waals surface area (Å²) in [4.78, 5) is 22.9. The van der Waals surface area contributed by atoms with E-state index in [1.54, 1.807) is 0 Å². The molecule has 0 radical (unpaired) electrons. The molecule has 17 heavy (non-hydrogen) atoms. The number of carboxylic acids is 1. The Bertz CT molecular complexity index is 282. The van der Waals surface area contributed by atoms with Crippen molar-refractivity contribution >= 4 is 11.8 Å². The minimum Gasteiger partial charge on any atom is -0.481 e. The van der Waals surface area contributed by atoms with Gasteiger partial charge in [-0.2, -0.15) is 0 Å². The topological polar surface area (TPSA) is 54.4 Å². The lowest BCUT2D eigenvalue weighted by Gasteiger charge is -2.39. The molecule has 0 heterocycles. The zero-order valence-electron chi connectivity index (χ0n) is 11.3. The summed E-state index contributed by atoms with van der Waals surface area (Å²) in [5, 5.41) is 9.26. The van der Waals surface area contributed by atoms with E-state index in [4.69, 9.17) is 0 Å². The lowest BCUT2D eigenvalue weighted by atomic mass is 9.64. The van der Waals surface area contributed by atoms with Crippen LogP contribution in [-0.2, 0) is 9.59 Å². The fourth-order valence-electron chi connectivity index (χ4n) is 3.32. The number of rotatable bonds is 4. The second-order valence-corrected chi connectivity index (χ2v) is 5.92. The Morgan fingerprint density at radius 3 is 2.18 bits per heavy atom. The molecule has 3 nitrogen and oxygen atoms in total. The molecule has 1 N–H and O–H groups in total. The van der Waals surface area contributed by atoms with Gasteiger partial charge < -0.3 is 5.11 Å². The van der Waals surface area contributed by atoms with E-state index in [9.17, 15) is 14.7 Å². The van der Waals surface area contributed by atoms with Gasteiger partial charge in [0, 0.05) is 0 Å². The Morgan fingerprint density at radius 2 is 1.76 bits per heavy atom. The predicted octanol–water partition coefficient (Wildman–Crippen LogP) is 2.98. The first-order valence-electron chi connectivity index (χ1n) is 6.57. The molecule has 1 unspecified atom stereocenters. The first kappa shape index (κ1) is 14.2. The summed E-state index contributed by atoms with van der Waals surface area (Å²) in [5.41, 5.74) is 0. The van der Waals surface area contributed by atoms with Crippen molar-refractivity contribution in [2.75, 3.05) is 0 Å². The van der Waals surface area contributed by atoms with E-state index in [1.807, 2.05) is 0 Å². The first-order chi connectivity index (χ1) is 7.84. The lowest BCUT2D eigenvalue weighted by molar-refractivity contribution is -0.150. The Hall–Kier alpha value is -0.860. The van der Waals surface area contributed by atoms with Gasteiger partial charge in [-0.05, 0) is 43.4 Å². The monoisotopic (exact) mass is 240 g/mol. The van der Waals surface area contributed by atoms with Gasteiger partial charge in [-0.15, -0.1) is 0 Å². The Labute approximate surface area is 104 Å². The van der Waals surface area contributed by atoms with Crippen LogP contribution in [0.4, 0.5) is 0 Å². The van der Waals surface area contributed by atoms with Crippen LogP contribution in [0.2, 0.25) is 0 Å². The van der Waals surface area contributed by atoms with Crippen LogP contribution in [-0.4, -0.2) is 16.9 Å². The summed E-state index contributed by atoms with van der Waals surface area (Å²) in [5.74, 6) is -0.551. The molecule has 0 aromatic carbocycles. The number of hydrogen-bond donors (Lipinski definition) is 1. The van der Waals surface area contributed by atoms with E-state index in [2.05, 4.69) is 20.8 Å². The van der Waals surface area contributed by atoms with Crippen LogP contribution in [0.15, 0.2) is 0 Å². The Morgan fingerprint density at radius 1 is 1.18 bits per heavy atom. The highest BCUT2D eigenvalue weighted by Gasteiger charge is 2.41. The molecule has 0 bridgehead atoms. The molecule has 1 aliphatic rings. The zero-order valence-corrected chi connectivity index (χ0v) is 11.3. The Kier molecular flexibility index (Phi) is 4.72. The third-order valence-corrected chi connectivity index (χ3v) is 4.21. The minimum atomic E-state index is -0.942. The molecule has 4 atom stereocenters. The molecule has 0 aliphatic heterocycles. The van der Waals surface area contributed by atoms with E-state index in [0.29, 0.717) is 17.8 Å². The molecule has 98 valence electrons. The van der Waals surface area contributed by atoms with Crippen LogP contribution in [0.3, 0.4) is 0 Å².